The fourth-order valence-electron chi connectivity index (χ4n) is 2.10. The van der Waals surface area contributed by atoms with E-state index >= 15 is 0 Å². The van der Waals surface area contributed by atoms with Crippen molar-refractivity contribution in [3.05, 3.63) is 35.9 Å². The summed E-state index contributed by atoms with van der Waals surface area (Å²) in [5, 5.41) is 18.8. The summed E-state index contributed by atoms with van der Waals surface area (Å²) in [5.74, 6) is -2.69. The van der Waals surface area contributed by atoms with Gasteiger partial charge in [0.1, 0.15) is 0 Å². The molecule has 0 fully saturated rings. The van der Waals surface area contributed by atoms with Gasteiger partial charge in [0.15, 0.2) is 5.41 Å². The van der Waals surface area contributed by atoms with Crippen LogP contribution in [0.3, 0.4) is 0 Å². The number of carboxylic acids is 2. The number of aliphatic carboxylic acids is 2. The van der Waals surface area contributed by atoms with Gasteiger partial charge < -0.3 is 10.2 Å². The Bertz CT molecular complexity index is 420. The van der Waals surface area contributed by atoms with Gasteiger partial charge in [-0.1, -0.05) is 51.1 Å². The second-order valence-electron chi connectivity index (χ2n) is 4.98. The molecule has 0 spiro atoms. The molecule has 1 rings (SSSR count). The molecular formula is C13H17ClO4. The molecule has 0 aliphatic heterocycles. The van der Waals surface area contributed by atoms with Crippen LogP contribution in [0.1, 0.15) is 26.3 Å². The monoisotopic (exact) mass is 272 g/mol. The zero-order chi connectivity index (χ0) is 13.3. The maximum atomic E-state index is 11.5. The van der Waals surface area contributed by atoms with Crippen molar-refractivity contribution >= 4 is 24.3 Å². The highest BCUT2D eigenvalue weighted by atomic mass is 35.5. The largest absolute Gasteiger partial charge is 0.480 e. The molecule has 0 unspecified atom stereocenters. The lowest BCUT2D eigenvalue weighted by atomic mass is 9.62. The minimum absolute atomic E-state index is 0. The first-order valence-corrected chi connectivity index (χ1v) is 5.27. The fraction of sp³-hybridized carbons (Fsp3) is 0.385. The molecule has 5 heteroatoms. The molecule has 0 heterocycles. The Labute approximate surface area is 112 Å². The van der Waals surface area contributed by atoms with E-state index in [9.17, 15) is 19.8 Å². The van der Waals surface area contributed by atoms with E-state index in [0.29, 0.717) is 0 Å². The summed E-state index contributed by atoms with van der Waals surface area (Å²) in [5.41, 5.74) is -2.59. The highest BCUT2D eigenvalue weighted by Crippen LogP contribution is 2.42. The Morgan fingerprint density at radius 2 is 1.33 bits per heavy atom. The van der Waals surface area contributed by atoms with Crippen LogP contribution in [0.15, 0.2) is 30.3 Å². The van der Waals surface area contributed by atoms with E-state index in [1.807, 2.05) is 0 Å². The summed E-state index contributed by atoms with van der Waals surface area (Å²) in [4.78, 5) is 23.1. The second-order valence-corrected chi connectivity index (χ2v) is 4.98. The minimum atomic E-state index is -1.94. The van der Waals surface area contributed by atoms with E-state index in [1.165, 1.54) is 12.1 Å². The molecule has 18 heavy (non-hydrogen) atoms. The normalized spacial score (nSPS) is 11.5. The Balaban J connectivity index is 0.00000289. The van der Waals surface area contributed by atoms with Crippen molar-refractivity contribution in [1.29, 1.82) is 0 Å². The van der Waals surface area contributed by atoms with Crippen molar-refractivity contribution in [2.45, 2.75) is 26.2 Å². The number of carbonyl (C=O) groups is 2. The van der Waals surface area contributed by atoms with E-state index in [0.717, 1.165) is 0 Å². The van der Waals surface area contributed by atoms with E-state index < -0.39 is 22.8 Å². The van der Waals surface area contributed by atoms with Crippen molar-refractivity contribution in [3.63, 3.8) is 0 Å². The Morgan fingerprint density at radius 1 is 0.944 bits per heavy atom. The lowest BCUT2D eigenvalue weighted by molar-refractivity contribution is -0.164. The van der Waals surface area contributed by atoms with E-state index in [4.69, 9.17) is 0 Å². The zero-order valence-electron chi connectivity index (χ0n) is 10.5. The number of benzene rings is 1. The number of hydrogen-bond acceptors (Lipinski definition) is 2. The summed E-state index contributed by atoms with van der Waals surface area (Å²) < 4.78 is 0. The fourth-order valence-corrected chi connectivity index (χ4v) is 2.10. The molecule has 0 aliphatic carbocycles. The first-order valence-electron chi connectivity index (χ1n) is 5.27. The van der Waals surface area contributed by atoms with Gasteiger partial charge >= 0.3 is 11.9 Å². The first kappa shape index (κ1) is 16.4. The average molecular weight is 273 g/mol. The SMILES string of the molecule is CC(C)(C)C(C(=O)O)(C(=O)O)c1ccccc1.Cl. The Hall–Kier alpha value is -1.55. The van der Waals surface area contributed by atoms with Crippen LogP contribution in [-0.4, -0.2) is 22.2 Å². The second kappa shape index (κ2) is 5.40. The van der Waals surface area contributed by atoms with Crippen LogP contribution >= 0.6 is 12.4 Å². The minimum Gasteiger partial charge on any atom is -0.480 e. The van der Waals surface area contributed by atoms with Gasteiger partial charge in [-0.15, -0.1) is 12.4 Å². The van der Waals surface area contributed by atoms with Crippen molar-refractivity contribution in [1.82, 2.24) is 0 Å². The Morgan fingerprint density at radius 3 is 1.61 bits per heavy atom. The predicted molar refractivity (Wildman–Crippen MR) is 70.1 cm³/mol. The van der Waals surface area contributed by atoms with Gasteiger partial charge in [-0.3, -0.25) is 9.59 Å². The van der Waals surface area contributed by atoms with Crippen LogP contribution in [0.2, 0.25) is 0 Å². The van der Waals surface area contributed by atoms with Crippen molar-refractivity contribution in [3.8, 4) is 0 Å². The summed E-state index contributed by atoms with van der Waals surface area (Å²) in [6.45, 7) is 4.84. The standard InChI is InChI=1S/C13H16O4.ClH/c1-12(2,3)13(10(14)15,11(16)17)9-7-5-4-6-8-9;/h4-8H,1-3H3,(H,14,15)(H,16,17);1H. The molecule has 2 N–H and O–H groups in total. The summed E-state index contributed by atoms with van der Waals surface area (Å²) in [6.07, 6.45) is 0. The molecule has 4 nitrogen and oxygen atoms in total. The predicted octanol–water partition coefficient (Wildman–Crippen LogP) is 2.56. The van der Waals surface area contributed by atoms with Crippen LogP contribution in [0.5, 0.6) is 0 Å². The molecule has 0 aromatic heterocycles. The van der Waals surface area contributed by atoms with E-state index in [2.05, 4.69) is 0 Å². The third-order valence-corrected chi connectivity index (χ3v) is 2.97. The van der Waals surface area contributed by atoms with Gasteiger partial charge in [-0.25, -0.2) is 0 Å². The number of rotatable bonds is 3. The molecule has 0 bridgehead atoms. The van der Waals surface area contributed by atoms with Gasteiger partial charge in [-0.05, 0) is 11.0 Å². The van der Waals surface area contributed by atoms with Crippen LogP contribution < -0.4 is 0 Å². The maximum Gasteiger partial charge on any atom is 0.326 e. The molecule has 0 aliphatic rings. The topological polar surface area (TPSA) is 74.6 Å². The third-order valence-electron chi connectivity index (χ3n) is 2.97. The van der Waals surface area contributed by atoms with Crippen molar-refractivity contribution in [2.75, 3.05) is 0 Å². The number of hydrogen-bond donors (Lipinski definition) is 2. The van der Waals surface area contributed by atoms with Crippen LogP contribution in [0.25, 0.3) is 0 Å². The van der Waals surface area contributed by atoms with Crippen molar-refractivity contribution < 1.29 is 19.8 Å². The third kappa shape index (κ3) is 2.34. The summed E-state index contributed by atoms with van der Waals surface area (Å²) >= 11 is 0. The van der Waals surface area contributed by atoms with Crippen LogP contribution in [0, 0.1) is 5.41 Å². The van der Waals surface area contributed by atoms with Gasteiger partial charge in [-0.2, -0.15) is 0 Å². The highest BCUT2D eigenvalue weighted by Gasteiger charge is 2.57. The highest BCUT2D eigenvalue weighted by molar-refractivity contribution is 6.05. The van der Waals surface area contributed by atoms with E-state index in [-0.39, 0.29) is 18.0 Å². The maximum absolute atomic E-state index is 11.5. The molecule has 0 amide bonds. The number of carboxylic acid groups (broad SMARTS) is 2. The molecule has 0 saturated heterocycles. The van der Waals surface area contributed by atoms with Crippen molar-refractivity contribution in [2.24, 2.45) is 5.41 Å². The smallest absolute Gasteiger partial charge is 0.326 e. The molecular weight excluding hydrogens is 256 g/mol. The van der Waals surface area contributed by atoms with Crippen LogP contribution in [0.4, 0.5) is 0 Å². The average Bonchev–Trinajstić information content (AvgIpc) is 2.16. The lowest BCUT2D eigenvalue weighted by Gasteiger charge is -2.37. The quantitative estimate of drug-likeness (QED) is 0.830. The molecule has 0 radical (unpaired) electrons. The first-order chi connectivity index (χ1) is 7.74. The molecule has 100 valence electrons. The molecule has 1 aromatic carbocycles. The Kier molecular flexibility index (Phi) is 4.93. The van der Waals surface area contributed by atoms with Gasteiger partial charge in [0.05, 0.1) is 0 Å². The molecule has 1 aromatic rings. The van der Waals surface area contributed by atoms with Crippen LogP contribution in [-0.2, 0) is 15.0 Å². The zero-order valence-corrected chi connectivity index (χ0v) is 11.3. The number of halogens is 1. The van der Waals surface area contributed by atoms with Gasteiger partial charge in [0.25, 0.3) is 0 Å². The summed E-state index contributed by atoms with van der Waals surface area (Å²) in [6, 6.07) is 8.07. The molecule has 0 atom stereocenters. The molecule has 0 saturated carbocycles. The van der Waals surface area contributed by atoms with E-state index in [1.54, 1.807) is 39.0 Å². The van der Waals surface area contributed by atoms with Gasteiger partial charge in [0.2, 0.25) is 0 Å². The lowest BCUT2D eigenvalue weighted by Crippen LogP contribution is -2.53. The summed E-state index contributed by atoms with van der Waals surface area (Å²) in [7, 11) is 0. The van der Waals surface area contributed by atoms with Gasteiger partial charge in [0, 0.05) is 0 Å².